The minimum atomic E-state index is -1.66. The SMILES string of the molecule is [Cl][Rh]([Cl])[Cl].[c-]1ccccn1.[c-]1ccccn1.[c-]1ccccn1. The molecule has 22 heavy (non-hydrogen) atoms. The number of aromatic nitrogens is 3. The predicted octanol–water partition coefficient (Wildman–Crippen LogP) is 4.71. The average Bonchev–Trinajstić information content (AvgIpc) is 2.60. The monoisotopic (exact) mass is 442 g/mol. The van der Waals surface area contributed by atoms with Crippen LogP contribution >= 0.6 is 29.1 Å². The molecule has 0 N–H and O–H groups in total. The van der Waals surface area contributed by atoms with Crippen LogP contribution < -0.4 is 0 Å². The summed E-state index contributed by atoms with van der Waals surface area (Å²) in [6.45, 7) is 0. The molecule has 3 aromatic rings. The van der Waals surface area contributed by atoms with E-state index in [4.69, 9.17) is 29.1 Å². The van der Waals surface area contributed by atoms with Crippen LogP contribution in [0.2, 0.25) is 0 Å². The quantitative estimate of drug-likeness (QED) is 0.373. The Morgan fingerprint density at radius 3 is 0.864 bits per heavy atom. The van der Waals surface area contributed by atoms with Gasteiger partial charge in [-0.15, -0.1) is 0 Å². The zero-order valence-electron chi connectivity index (χ0n) is 11.2. The molecule has 3 rings (SSSR count). The number of hydrogen-bond donors (Lipinski definition) is 0. The largest absolute Gasteiger partial charge is 0.394 e. The first-order chi connectivity index (χ1) is 10.7. The van der Waals surface area contributed by atoms with Crippen LogP contribution in [0.4, 0.5) is 0 Å². The summed E-state index contributed by atoms with van der Waals surface area (Å²) in [5, 5.41) is 0. The Balaban J connectivity index is 0.000000271. The van der Waals surface area contributed by atoms with E-state index >= 15 is 0 Å². The molecule has 0 amide bonds. The van der Waals surface area contributed by atoms with Crippen molar-refractivity contribution in [3.63, 3.8) is 0 Å². The van der Waals surface area contributed by atoms with Crippen molar-refractivity contribution in [2.45, 2.75) is 0 Å². The van der Waals surface area contributed by atoms with Crippen LogP contribution in [0.15, 0.2) is 73.2 Å². The number of halogens is 3. The number of pyridine rings is 3. The van der Waals surface area contributed by atoms with E-state index in [0.29, 0.717) is 0 Å². The molecule has 0 atom stereocenters. The summed E-state index contributed by atoms with van der Waals surface area (Å²) in [5.74, 6) is 0. The normalized spacial score (nSPS) is 8.59. The van der Waals surface area contributed by atoms with Crippen LogP contribution in [0.3, 0.4) is 0 Å². The topological polar surface area (TPSA) is 38.7 Å². The third-order valence-electron chi connectivity index (χ3n) is 1.55. The summed E-state index contributed by atoms with van der Waals surface area (Å²) in [7, 11) is 14.8. The van der Waals surface area contributed by atoms with Gasteiger partial charge in [-0.25, -0.2) is 0 Å². The second-order valence-electron chi connectivity index (χ2n) is 3.02. The fourth-order valence-electron chi connectivity index (χ4n) is 0.832. The molecule has 3 aromatic heterocycles. The molecule has 0 spiro atoms. The van der Waals surface area contributed by atoms with Gasteiger partial charge in [0, 0.05) is 0 Å². The molecule has 0 aliphatic heterocycles. The van der Waals surface area contributed by atoms with E-state index < -0.39 is 13.0 Å². The Bertz CT molecular complexity index is 358. The van der Waals surface area contributed by atoms with Gasteiger partial charge in [0.25, 0.3) is 0 Å². The van der Waals surface area contributed by atoms with Crippen molar-refractivity contribution in [3.05, 3.63) is 91.8 Å². The van der Waals surface area contributed by atoms with Crippen molar-refractivity contribution in [3.8, 4) is 0 Å². The minimum Gasteiger partial charge on any atom is -0.394 e. The summed E-state index contributed by atoms with van der Waals surface area (Å²) >= 11 is -1.66. The van der Waals surface area contributed by atoms with E-state index in [-0.39, 0.29) is 0 Å². The molecule has 0 radical (unpaired) electrons. The van der Waals surface area contributed by atoms with Crippen molar-refractivity contribution in [2.75, 3.05) is 0 Å². The van der Waals surface area contributed by atoms with Crippen molar-refractivity contribution in [1.29, 1.82) is 0 Å². The Morgan fingerprint density at radius 1 is 0.545 bits per heavy atom. The van der Waals surface area contributed by atoms with Gasteiger partial charge < -0.3 is 15.0 Å². The Kier molecular flexibility index (Phi) is 17.1. The van der Waals surface area contributed by atoms with Gasteiger partial charge >= 0.3 is 42.1 Å². The average molecular weight is 444 g/mol. The summed E-state index contributed by atoms with van der Waals surface area (Å²) in [6, 6.07) is 16.5. The van der Waals surface area contributed by atoms with Gasteiger partial charge in [-0.1, -0.05) is 37.2 Å². The van der Waals surface area contributed by atoms with Crippen molar-refractivity contribution in [1.82, 2.24) is 15.0 Å². The van der Waals surface area contributed by atoms with Gasteiger partial charge in [-0.05, 0) is 0 Å². The number of rotatable bonds is 0. The van der Waals surface area contributed by atoms with Crippen LogP contribution in [0.5, 0.6) is 0 Å². The van der Waals surface area contributed by atoms with E-state index in [1.807, 2.05) is 36.4 Å². The maximum Gasteiger partial charge on any atom is -0.0813 e. The predicted molar refractivity (Wildman–Crippen MR) is 86.8 cm³/mol. The van der Waals surface area contributed by atoms with Gasteiger partial charge in [0.1, 0.15) is 0 Å². The standard InChI is InChI=1S/3C5H4N.3ClH.Rh/c3*1-2-4-6-5-3-1;;;;/h3*1-4H;3*1H;/q3*-1;;;;+3/p-3. The fourth-order valence-corrected chi connectivity index (χ4v) is 0.832. The van der Waals surface area contributed by atoms with Crippen LogP contribution in [-0.4, -0.2) is 15.0 Å². The Hall–Kier alpha value is -1.06. The molecule has 7 heteroatoms. The van der Waals surface area contributed by atoms with E-state index in [0.717, 1.165) is 0 Å². The molecular weight excluding hydrogens is 431 g/mol. The molecular formula is C15H12Cl3N3Rh-3. The third kappa shape index (κ3) is 21.2. The van der Waals surface area contributed by atoms with Crippen LogP contribution in [0.1, 0.15) is 0 Å². The molecule has 0 saturated heterocycles. The molecule has 0 fully saturated rings. The number of hydrogen-bond acceptors (Lipinski definition) is 3. The van der Waals surface area contributed by atoms with Gasteiger partial charge in [-0.3, -0.25) is 0 Å². The van der Waals surface area contributed by atoms with E-state index in [2.05, 4.69) is 33.5 Å². The summed E-state index contributed by atoms with van der Waals surface area (Å²) in [6.07, 6.45) is 13.0. The summed E-state index contributed by atoms with van der Waals surface area (Å²) in [5.41, 5.74) is 0. The second-order valence-corrected chi connectivity index (χ2v) is 10.5. The fraction of sp³-hybridized carbons (Fsp3) is 0. The van der Waals surface area contributed by atoms with Gasteiger partial charge in [-0.2, -0.15) is 54.6 Å². The zero-order valence-corrected chi connectivity index (χ0v) is 15.1. The molecule has 120 valence electrons. The van der Waals surface area contributed by atoms with Crippen molar-refractivity contribution >= 4 is 29.1 Å². The summed E-state index contributed by atoms with van der Waals surface area (Å²) in [4.78, 5) is 11.0. The van der Waals surface area contributed by atoms with Crippen molar-refractivity contribution in [2.24, 2.45) is 0 Å². The maximum absolute atomic E-state index is 4.94. The van der Waals surface area contributed by atoms with Crippen molar-refractivity contribution < 1.29 is 13.0 Å². The molecule has 3 nitrogen and oxygen atoms in total. The van der Waals surface area contributed by atoms with Crippen LogP contribution in [0.25, 0.3) is 0 Å². The van der Waals surface area contributed by atoms with Gasteiger partial charge in [0.05, 0.1) is 0 Å². The third-order valence-corrected chi connectivity index (χ3v) is 1.55. The van der Waals surface area contributed by atoms with Gasteiger partial charge in [0.2, 0.25) is 0 Å². The first-order valence-electron chi connectivity index (χ1n) is 5.69. The van der Waals surface area contributed by atoms with E-state index in [9.17, 15) is 0 Å². The molecule has 3 heterocycles. The second kappa shape index (κ2) is 18.0. The minimum absolute atomic E-state index is 1.66. The molecule has 0 aliphatic rings. The van der Waals surface area contributed by atoms with Crippen LogP contribution in [0, 0.1) is 18.6 Å². The molecule has 0 bridgehead atoms. The molecule has 0 aliphatic carbocycles. The zero-order chi connectivity index (χ0) is 16.3. The number of nitrogens with zero attached hydrogens (tertiary/aromatic N) is 3. The first kappa shape index (κ1) is 20.9. The van der Waals surface area contributed by atoms with E-state index in [1.165, 1.54) is 0 Å². The Morgan fingerprint density at radius 2 is 0.818 bits per heavy atom. The van der Waals surface area contributed by atoms with Crippen LogP contribution in [-0.2, 0) is 13.0 Å². The summed E-state index contributed by atoms with van der Waals surface area (Å²) < 4.78 is 0. The van der Waals surface area contributed by atoms with Gasteiger partial charge in [0.15, 0.2) is 0 Å². The maximum atomic E-state index is 4.94. The Labute approximate surface area is 148 Å². The molecule has 0 unspecified atom stereocenters. The molecule has 0 saturated carbocycles. The molecule has 0 aromatic carbocycles. The smallest absolute Gasteiger partial charge is 0.0813 e. The van der Waals surface area contributed by atoms with E-state index in [1.54, 1.807) is 36.8 Å². The first-order valence-corrected chi connectivity index (χ1v) is 12.0.